The molecule has 5 heteroatoms. The summed E-state index contributed by atoms with van der Waals surface area (Å²) in [6.45, 7) is 3.72. The van der Waals surface area contributed by atoms with Gasteiger partial charge in [0.2, 0.25) is 0 Å². The molecule has 0 aromatic heterocycles. The van der Waals surface area contributed by atoms with Gasteiger partial charge in [-0.1, -0.05) is 18.2 Å². The highest BCUT2D eigenvalue weighted by Gasteiger charge is 2.15. The molecule has 4 nitrogen and oxygen atoms in total. The van der Waals surface area contributed by atoms with Crippen LogP contribution in [0.4, 0.5) is 0 Å². The normalized spacial score (nSPS) is 9.95. The van der Waals surface area contributed by atoms with Gasteiger partial charge in [-0.15, -0.1) is 0 Å². The van der Waals surface area contributed by atoms with E-state index in [1.807, 2.05) is 0 Å². The lowest BCUT2D eigenvalue weighted by atomic mass is 10.1. The van der Waals surface area contributed by atoms with Crippen molar-refractivity contribution in [1.29, 1.82) is 0 Å². The zero-order chi connectivity index (χ0) is 16.1. The summed E-state index contributed by atoms with van der Waals surface area (Å²) in [4.78, 5) is 11.6. The van der Waals surface area contributed by atoms with E-state index in [-0.39, 0.29) is 5.57 Å². The third-order valence-electron chi connectivity index (χ3n) is 2.98. The van der Waals surface area contributed by atoms with Crippen molar-refractivity contribution < 1.29 is 19.0 Å². The number of benzene rings is 2. The SMILES string of the molecule is C=C(C(=O)OC)c1ccc(Oc2ccc(Cl)cc2)cc1OC. The van der Waals surface area contributed by atoms with Crippen LogP contribution < -0.4 is 9.47 Å². The van der Waals surface area contributed by atoms with E-state index < -0.39 is 5.97 Å². The summed E-state index contributed by atoms with van der Waals surface area (Å²) in [7, 11) is 2.81. The Kier molecular flexibility index (Phi) is 5.07. The van der Waals surface area contributed by atoms with E-state index in [2.05, 4.69) is 11.3 Å². The minimum absolute atomic E-state index is 0.220. The summed E-state index contributed by atoms with van der Waals surface area (Å²) in [6.07, 6.45) is 0. The molecule has 0 aliphatic carbocycles. The summed E-state index contributed by atoms with van der Waals surface area (Å²) in [5.41, 5.74) is 0.773. The molecule has 0 radical (unpaired) electrons. The molecule has 0 aliphatic rings. The number of carbonyl (C=O) groups excluding carboxylic acids is 1. The lowest BCUT2D eigenvalue weighted by Gasteiger charge is -2.12. The number of hydrogen-bond donors (Lipinski definition) is 0. The van der Waals surface area contributed by atoms with Crippen LogP contribution in [0.25, 0.3) is 5.57 Å². The third kappa shape index (κ3) is 3.59. The molecule has 22 heavy (non-hydrogen) atoms. The van der Waals surface area contributed by atoms with E-state index in [1.54, 1.807) is 42.5 Å². The third-order valence-corrected chi connectivity index (χ3v) is 3.23. The molecule has 0 saturated heterocycles. The molecule has 0 aliphatic heterocycles. The second-order valence-electron chi connectivity index (χ2n) is 4.39. The molecule has 2 rings (SSSR count). The van der Waals surface area contributed by atoms with Gasteiger partial charge in [-0.25, -0.2) is 4.79 Å². The van der Waals surface area contributed by atoms with Crippen LogP contribution in [0, 0.1) is 0 Å². The molecule has 2 aromatic rings. The van der Waals surface area contributed by atoms with Crippen molar-refractivity contribution in [1.82, 2.24) is 0 Å². The molecule has 0 saturated carbocycles. The zero-order valence-electron chi connectivity index (χ0n) is 12.3. The van der Waals surface area contributed by atoms with Gasteiger partial charge in [0.05, 0.1) is 19.8 Å². The molecule has 0 atom stereocenters. The van der Waals surface area contributed by atoms with Crippen LogP contribution in [-0.4, -0.2) is 20.2 Å². The number of hydrogen-bond acceptors (Lipinski definition) is 4. The first kappa shape index (κ1) is 15.9. The largest absolute Gasteiger partial charge is 0.496 e. The van der Waals surface area contributed by atoms with Crippen LogP contribution in [0.5, 0.6) is 17.2 Å². The monoisotopic (exact) mass is 318 g/mol. The van der Waals surface area contributed by atoms with Crippen molar-refractivity contribution in [2.75, 3.05) is 14.2 Å². The van der Waals surface area contributed by atoms with E-state index in [0.29, 0.717) is 27.8 Å². The average molecular weight is 319 g/mol. The van der Waals surface area contributed by atoms with E-state index in [0.717, 1.165) is 0 Å². The van der Waals surface area contributed by atoms with Crippen molar-refractivity contribution in [3.8, 4) is 17.2 Å². The summed E-state index contributed by atoms with van der Waals surface area (Å²) < 4.78 is 15.7. The first-order valence-corrected chi connectivity index (χ1v) is 6.82. The van der Waals surface area contributed by atoms with Crippen LogP contribution in [0.2, 0.25) is 5.02 Å². The standard InChI is InChI=1S/C17H15ClO4/c1-11(17(19)21-3)15-9-8-14(10-16(15)20-2)22-13-6-4-12(18)5-7-13/h4-10H,1H2,2-3H3. The molecular formula is C17H15ClO4. The maximum Gasteiger partial charge on any atom is 0.337 e. The molecule has 0 bridgehead atoms. The molecule has 0 N–H and O–H groups in total. The molecule has 114 valence electrons. The second-order valence-corrected chi connectivity index (χ2v) is 4.82. The number of esters is 1. The lowest BCUT2D eigenvalue weighted by molar-refractivity contribution is -0.133. The Labute approximate surface area is 133 Å². The Morgan fingerprint density at radius 2 is 1.68 bits per heavy atom. The molecule has 0 fully saturated rings. The van der Waals surface area contributed by atoms with Crippen LogP contribution in [0.15, 0.2) is 49.0 Å². The predicted octanol–water partition coefficient (Wildman–Crippen LogP) is 4.33. The van der Waals surface area contributed by atoms with Gasteiger partial charge in [-0.2, -0.15) is 0 Å². The lowest BCUT2D eigenvalue weighted by Crippen LogP contribution is -2.04. The first-order valence-electron chi connectivity index (χ1n) is 6.44. The molecule has 0 unspecified atom stereocenters. The first-order chi connectivity index (χ1) is 10.5. The number of halogens is 1. The molecule has 0 heterocycles. The van der Waals surface area contributed by atoms with Crippen LogP contribution >= 0.6 is 11.6 Å². The van der Waals surface area contributed by atoms with Crippen molar-refractivity contribution in [2.45, 2.75) is 0 Å². The summed E-state index contributed by atoms with van der Waals surface area (Å²) >= 11 is 5.83. The van der Waals surface area contributed by atoms with Gasteiger partial charge in [0.25, 0.3) is 0 Å². The van der Waals surface area contributed by atoms with Gasteiger partial charge in [-0.3, -0.25) is 0 Å². The Morgan fingerprint density at radius 3 is 2.27 bits per heavy atom. The number of rotatable bonds is 5. The Morgan fingerprint density at radius 1 is 1.05 bits per heavy atom. The van der Waals surface area contributed by atoms with E-state index >= 15 is 0 Å². The molecule has 0 amide bonds. The smallest absolute Gasteiger partial charge is 0.337 e. The summed E-state index contributed by atoms with van der Waals surface area (Å²) in [5.74, 6) is 1.18. The van der Waals surface area contributed by atoms with Gasteiger partial charge in [0.1, 0.15) is 17.2 Å². The maximum absolute atomic E-state index is 11.6. The van der Waals surface area contributed by atoms with Gasteiger partial charge < -0.3 is 14.2 Å². The van der Waals surface area contributed by atoms with Crippen molar-refractivity contribution in [3.05, 3.63) is 59.6 Å². The predicted molar refractivity (Wildman–Crippen MR) is 85.6 cm³/mol. The fraction of sp³-hybridized carbons (Fsp3) is 0.118. The molecular weight excluding hydrogens is 304 g/mol. The highest BCUT2D eigenvalue weighted by molar-refractivity contribution is 6.30. The van der Waals surface area contributed by atoms with Crippen molar-refractivity contribution >= 4 is 23.1 Å². The number of methoxy groups -OCH3 is 2. The fourth-order valence-electron chi connectivity index (χ4n) is 1.86. The van der Waals surface area contributed by atoms with Crippen LogP contribution in [-0.2, 0) is 9.53 Å². The quantitative estimate of drug-likeness (QED) is 0.608. The minimum Gasteiger partial charge on any atom is -0.496 e. The summed E-state index contributed by atoms with van der Waals surface area (Å²) in [5, 5.41) is 0.634. The van der Waals surface area contributed by atoms with Gasteiger partial charge in [-0.05, 0) is 36.4 Å². The molecule has 0 spiro atoms. The zero-order valence-corrected chi connectivity index (χ0v) is 13.0. The second kappa shape index (κ2) is 7.00. The van der Waals surface area contributed by atoms with Gasteiger partial charge in [0, 0.05) is 16.7 Å². The summed E-state index contributed by atoms with van der Waals surface area (Å²) in [6, 6.07) is 12.1. The fourth-order valence-corrected chi connectivity index (χ4v) is 1.98. The highest BCUT2D eigenvalue weighted by Crippen LogP contribution is 2.32. The topological polar surface area (TPSA) is 44.8 Å². The minimum atomic E-state index is -0.510. The van der Waals surface area contributed by atoms with E-state index in [9.17, 15) is 4.79 Å². The van der Waals surface area contributed by atoms with Gasteiger partial charge in [0.15, 0.2) is 0 Å². The van der Waals surface area contributed by atoms with Crippen molar-refractivity contribution in [3.63, 3.8) is 0 Å². The van der Waals surface area contributed by atoms with Gasteiger partial charge >= 0.3 is 5.97 Å². The Hall–Kier alpha value is -2.46. The van der Waals surface area contributed by atoms with E-state index in [1.165, 1.54) is 14.2 Å². The van der Waals surface area contributed by atoms with Crippen molar-refractivity contribution in [2.24, 2.45) is 0 Å². The Bertz CT molecular complexity index is 692. The number of ether oxygens (including phenoxy) is 3. The molecule has 2 aromatic carbocycles. The maximum atomic E-state index is 11.6. The van der Waals surface area contributed by atoms with E-state index in [4.69, 9.17) is 21.1 Å². The Balaban J connectivity index is 2.27. The van der Waals surface area contributed by atoms with Crippen LogP contribution in [0.3, 0.4) is 0 Å². The average Bonchev–Trinajstić information content (AvgIpc) is 2.55. The van der Waals surface area contributed by atoms with Crippen LogP contribution in [0.1, 0.15) is 5.56 Å². The number of carbonyl (C=O) groups is 1. The highest BCUT2D eigenvalue weighted by atomic mass is 35.5.